The molecular weight excluding hydrogens is 230 g/mol. The van der Waals surface area contributed by atoms with E-state index in [1.54, 1.807) is 0 Å². The van der Waals surface area contributed by atoms with Crippen molar-refractivity contribution in [2.75, 3.05) is 6.61 Å². The molecular formula is C10H12BrNO. The molecule has 0 amide bonds. The van der Waals surface area contributed by atoms with E-state index in [0.717, 1.165) is 15.8 Å². The van der Waals surface area contributed by atoms with Crippen molar-refractivity contribution in [2.24, 2.45) is 5.73 Å². The average Bonchev–Trinajstić information content (AvgIpc) is 2.15. The molecule has 1 aromatic carbocycles. The lowest BCUT2D eigenvalue weighted by Crippen LogP contribution is -1.99. The van der Waals surface area contributed by atoms with E-state index in [4.69, 9.17) is 10.5 Å². The molecule has 0 bridgehead atoms. The summed E-state index contributed by atoms with van der Waals surface area (Å²) in [7, 11) is 0. The number of ether oxygens (including phenoxy) is 1. The van der Waals surface area contributed by atoms with Crippen LogP contribution in [0.4, 0.5) is 0 Å². The van der Waals surface area contributed by atoms with Gasteiger partial charge in [0.15, 0.2) is 0 Å². The smallest absolute Gasteiger partial charge is 0.120 e. The van der Waals surface area contributed by atoms with Gasteiger partial charge >= 0.3 is 0 Å². The molecule has 0 aliphatic rings. The summed E-state index contributed by atoms with van der Waals surface area (Å²) in [4.78, 5) is 0. The van der Waals surface area contributed by atoms with Gasteiger partial charge in [-0.05, 0) is 17.7 Å². The Morgan fingerprint density at radius 2 is 2.31 bits per heavy atom. The molecule has 1 aromatic rings. The first-order valence-electron chi connectivity index (χ1n) is 3.97. The highest BCUT2D eigenvalue weighted by Gasteiger charge is 1.95. The van der Waals surface area contributed by atoms with Gasteiger partial charge in [-0.1, -0.05) is 34.6 Å². The van der Waals surface area contributed by atoms with E-state index in [2.05, 4.69) is 22.5 Å². The zero-order valence-electron chi connectivity index (χ0n) is 7.29. The summed E-state index contributed by atoms with van der Waals surface area (Å²) in [5, 5.41) is 0. The van der Waals surface area contributed by atoms with Crippen LogP contribution in [0.2, 0.25) is 0 Å². The van der Waals surface area contributed by atoms with Crippen LogP contribution in [0.25, 0.3) is 0 Å². The summed E-state index contributed by atoms with van der Waals surface area (Å²) in [6.07, 6.45) is 0. The molecule has 0 radical (unpaired) electrons. The number of hydrogen-bond acceptors (Lipinski definition) is 2. The highest BCUT2D eigenvalue weighted by molar-refractivity contribution is 9.11. The molecule has 0 aromatic heterocycles. The third-order valence-electron chi connectivity index (χ3n) is 1.53. The molecule has 0 unspecified atom stereocenters. The van der Waals surface area contributed by atoms with E-state index in [1.165, 1.54) is 0 Å². The molecule has 13 heavy (non-hydrogen) atoms. The molecule has 2 N–H and O–H groups in total. The Morgan fingerprint density at radius 1 is 1.54 bits per heavy atom. The minimum absolute atomic E-state index is 0.480. The van der Waals surface area contributed by atoms with E-state index in [0.29, 0.717) is 13.2 Å². The first-order valence-corrected chi connectivity index (χ1v) is 4.77. The van der Waals surface area contributed by atoms with Crippen LogP contribution >= 0.6 is 15.9 Å². The van der Waals surface area contributed by atoms with Crippen LogP contribution in [0, 0.1) is 0 Å². The van der Waals surface area contributed by atoms with Gasteiger partial charge < -0.3 is 10.5 Å². The molecule has 0 aliphatic carbocycles. The minimum atomic E-state index is 0.480. The number of rotatable bonds is 4. The third-order valence-corrected chi connectivity index (χ3v) is 1.76. The Bertz CT molecular complexity index is 299. The van der Waals surface area contributed by atoms with Crippen molar-refractivity contribution in [1.29, 1.82) is 0 Å². The van der Waals surface area contributed by atoms with Crippen molar-refractivity contribution in [3.63, 3.8) is 0 Å². The minimum Gasteiger partial charge on any atom is -0.488 e. The van der Waals surface area contributed by atoms with Gasteiger partial charge in [0.05, 0.1) is 0 Å². The average molecular weight is 242 g/mol. The van der Waals surface area contributed by atoms with Crippen molar-refractivity contribution < 1.29 is 4.74 Å². The largest absolute Gasteiger partial charge is 0.488 e. The molecule has 0 atom stereocenters. The Balaban J connectivity index is 2.61. The highest BCUT2D eigenvalue weighted by Crippen LogP contribution is 2.14. The number of hydrogen-bond donors (Lipinski definition) is 1. The predicted molar refractivity (Wildman–Crippen MR) is 57.9 cm³/mol. The second-order valence-corrected chi connectivity index (χ2v) is 3.78. The molecule has 3 heteroatoms. The van der Waals surface area contributed by atoms with Crippen molar-refractivity contribution in [3.05, 3.63) is 40.9 Å². The molecule has 2 nitrogen and oxygen atoms in total. The van der Waals surface area contributed by atoms with E-state index < -0.39 is 0 Å². The van der Waals surface area contributed by atoms with Gasteiger partial charge in [-0.3, -0.25) is 0 Å². The van der Waals surface area contributed by atoms with Gasteiger partial charge in [-0.2, -0.15) is 0 Å². The molecule has 0 aliphatic heterocycles. The molecule has 70 valence electrons. The van der Waals surface area contributed by atoms with Crippen LogP contribution in [-0.2, 0) is 6.54 Å². The fourth-order valence-corrected chi connectivity index (χ4v) is 1.04. The lowest BCUT2D eigenvalue weighted by atomic mass is 10.2. The van der Waals surface area contributed by atoms with Crippen LogP contribution in [0.1, 0.15) is 5.56 Å². The zero-order chi connectivity index (χ0) is 9.68. The van der Waals surface area contributed by atoms with Crippen LogP contribution in [0.15, 0.2) is 35.3 Å². The fourth-order valence-electron chi connectivity index (χ4n) is 0.924. The molecule has 0 heterocycles. The maximum atomic E-state index is 5.49. The number of nitrogens with two attached hydrogens (primary N) is 1. The second-order valence-electron chi connectivity index (χ2n) is 2.66. The van der Waals surface area contributed by atoms with Crippen molar-refractivity contribution in [2.45, 2.75) is 6.54 Å². The topological polar surface area (TPSA) is 35.2 Å². The second kappa shape index (κ2) is 5.04. The van der Waals surface area contributed by atoms with Crippen LogP contribution < -0.4 is 10.5 Å². The summed E-state index contributed by atoms with van der Waals surface area (Å²) in [6, 6.07) is 7.72. The number of halogens is 1. The Labute approximate surface area is 86.5 Å². The van der Waals surface area contributed by atoms with Gasteiger partial charge in [0, 0.05) is 11.0 Å². The van der Waals surface area contributed by atoms with Gasteiger partial charge in [0.2, 0.25) is 0 Å². The van der Waals surface area contributed by atoms with E-state index in [1.807, 2.05) is 24.3 Å². The molecule has 1 rings (SSSR count). The summed E-state index contributed by atoms with van der Waals surface area (Å²) in [6.45, 7) is 4.69. The van der Waals surface area contributed by atoms with Gasteiger partial charge in [0.25, 0.3) is 0 Å². The monoisotopic (exact) mass is 241 g/mol. The summed E-state index contributed by atoms with van der Waals surface area (Å²) in [5.74, 6) is 0.823. The summed E-state index contributed by atoms with van der Waals surface area (Å²) >= 11 is 3.22. The SMILES string of the molecule is C=C(Br)COc1cccc(CN)c1. The lowest BCUT2D eigenvalue weighted by Gasteiger charge is -2.05. The van der Waals surface area contributed by atoms with Crippen molar-refractivity contribution in [1.82, 2.24) is 0 Å². The Kier molecular flexibility index (Phi) is 3.99. The van der Waals surface area contributed by atoms with Gasteiger partial charge in [-0.25, -0.2) is 0 Å². The van der Waals surface area contributed by atoms with E-state index >= 15 is 0 Å². The summed E-state index contributed by atoms with van der Waals surface area (Å²) in [5.41, 5.74) is 6.56. The Hall–Kier alpha value is -0.800. The van der Waals surface area contributed by atoms with Crippen LogP contribution in [0.3, 0.4) is 0 Å². The van der Waals surface area contributed by atoms with E-state index in [-0.39, 0.29) is 0 Å². The molecule has 0 saturated carbocycles. The zero-order valence-corrected chi connectivity index (χ0v) is 8.88. The molecule has 0 saturated heterocycles. The van der Waals surface area contributed by atoms with Crippen LogP contribution in [-0.4, -0.2) is 6.61 Å². The standard InChI is InChI=1S/C10H12BrNO/c1-8(11)7-13-10-4-2-3-9(5-10)6-12/h2-5H,1,6-7,12H2. The van der Waals surface area contributed by atoms with E-state index in [9.17, 15) is 0 Å². The predicted octanol–water partition coefficient (Wildman–Crippen LogP) is 2.43. The molecule has 0 fully saturated rings. The fraction of sp³-hybridized carbons (Fsp3) is 0.200. The maximum absolute atomic E-state index is 5.49. The normalized spacial score (nSPS) is 9.69. The maximum Gasteiger partial charge on any atom is 0.120 e. The number of benzene rings is 1. The quantitative estimate of drug-likeness (QED) is 0.879. The first kappa shape index (κ1) is 10.3. The molecule has 0 spiro atoms. The van der Waals surface area contributed by atoms with Crippen molar-refractivity contribution >= 4 is 15.9 Å². The van der Waals surface area contributed by atoms with Crippen LogP contribution in [0.5, 0.6) is 5.75 Å². The Morgan fingerprint density at radius 3 is 2.92 bits per heavy atom. The van der Waals surface area contributed by atoms with Gasteiger partial charge in [-0.15, -0.1) is 0 Å². The first-order chi connectivity index (χ1) is 6.22. The highest BCUT2D eigenvalue weighted by atomic mass is 79.9. The summed E-state index contributed by atoms with van der Waals surface area (Å²) < 4.78 is 6.23. The van der Waals surface area contributed by atoms with Gasteiger partial charge in [0.1, 0.15) is 12.4 Å². The van der Waals surface area contributed by atoms with Crippen molar-refractivity contribution in [3.8, 4) is 5.75 Å². The lowest BCUT2D eigenvalue weighted by molar-refractivity contribution is 0.360. The third kappa shape index (κ3) is 3.61.